The fourth-order valence-corrected chi connectivity index (χ4v) is 4.10. The molecule has 0 amide bonds. The summed E-state index contributed by atoms with van der Waals surface area (Å²) < 4.78 is 10.1. The molecule has 0 bridgehead atoms. The van der Waals surface area contributed by atoms with Crippen LogP contribution in [0.25, 0.3) is 28.1 Å². The maximum Gasteiger partial charge on any atom is 0.215 e. The number of fused-ring (bicyclic) bond motifs is 3. The number of benzene rings is 2. The van der Waals surface area contributed by atoms with Gasteiger partial charge in [0, 0.05) is 32.4 Å². The Balaban J connectivity index is 1.51. The first kappa shape index (κ1) is 17.5. The smallest absolute Gasteiger partial charge is 0.215 e. The lowest BCUT2D eigenvalue weighted by Gasteiger charge is -2.26. The molecule has 1 aliphatic rings. The maximum atomic E-state index is 5.47. The number of aryl methyl sites for hydroxylation is 2. The summed E-state index contributed by atoms with van der Waals surface area (Å²) in [5.74, 6) is 1.03. The van der Waals surface area contributed by atoms with Gasteiger partial charge < -0.3 is 9.30 Å². The molecule has 0 atom stereocenters. The number of rotatable bonds is 5. The van der Waals surface area contributed by atoms with E-state index in [1.54, 1.807) is 0 Å². The molecule has 5 nitrogen and oxygen atoms in total. The van der Waals surface area contributed by atoms with Crippen molar-refractivity contribution < 1.29 is 4.74 Å². The van der Waals surface area contributed by atoms with E-state index in [1.807, 2.05) is 0 Å². The van der Waals surface area contributed by atoms with Crippen LogP contribution in [0, 0.1) is 6.92 Å². The van der Waals surface area contributed by atoms with E-state index in [0.29, 0.717) is 0 Å². The Bertz CT molecular complexity index is 1090. The van der Waals surface area contributed by atoms with E-state index in [-0.39, 0.29) is 0 Å². The van der Waals surface area contributed by atoms with Crippen LogP contribution in [-0.2, 0) is 11.3 Å². The highest BCUT2D eigenvalue weighted by molar-refractivity contribution is 5.81. The van der Waals surface area contributed by atoms with Crippen LogP contribution in [0.15, 0.2) is 54.7 Å². The van der Waals surface area contributed by atoms with Crippen LogP contribution >= 0.6 is 0 Å². The van der Waals surface area contributed by atoms with Crippen molar-refractivity contribution >= 4 is 16.8 Å². The van der Waals surface area contributed by atoms with Gasteiger partial charge in [0.15, 0.2) is 0 Å². The van der Waals surface area contributed by atoms with Gasteiger partial charge in [0.1, 0.15) is 0 Å². The van der Waals surface area contributed by atoms with E-state index in [9.17, 15) is 0 Å². The molecule has 3 heterocycles. The third-order valence-electron chi connectivity index (χ3n) is 5.67. The summed E-state index contributed by atoms with van der Waals surface area (Å²) in [4.78, 5) is 7.43. The van der Waals surface area contributed by atoms with Crippen LogP contribution in [0.5, 0.6) is 0 Å². The molecule has 28 heavy (non-hydrogen) atoms. The minimum atomic E-state index is 0.855. The molecular weight excluding hydrogens is 348 g/mol. The van der Waals surface area contributed by atoms with Crippen molar-refractivity contribution in [2.24, 2.45) is 0 Å². The highest BCUT2D eigenvalue weighted by Crippen LogP contribution is 2.27. The number of nitrogens with zero attached hydrogens (tertiary/aromatic N) is 4. The maximum absolute atomic E-state index is 5.47. The summed E-state index contributed by atoms with van der Waals surface area (Å²) in [5.41, 5.74) is 5.97. The zero-order valence-corrected chi connectivity index (χ0v) is 16.3. The van der Waals surface area contributed by atoms with Crippen LogP contribution < -0.4 is 0 Å². The van der Waals surface area contributed by atoms with Gasteiger partial charge in [-0.25, -0.2) is 4.98 Å². The fourth-order valence-electron chi connectivity index (χ4n) is 4.10. The highest BCUT2D eigenvalue weighted by atomic mass is 16.5. The predicted molar refractivity (Wildman–Crippen MR) is 113 cm³/mol. The molecule has 1 fully saturated rings. The predicted octanol–water partition coefficient (Wildman–Crippen LogP) is 3.99. The van der Waals surface area contributed by atoms with Gasteiger partial charge in [-0.1, -0.05) is 42.0 Å². The van der Waals surface area contributed by atoms with E-state index >= 15 is 0 Å². The fraction of sp³-hybridized carbons (Fsp3) is 0.348. The third-order valence-corrected chi connectivity index (χ3v) is 5.67. The Kier molecular flexibility index (Phi) is 4.63. The SMILES string of the molecule is Cc1ccc(-c2cn3c4ccccc4nc3n2CCCN2CCOCC2)cc1. The molecule has 0 saturated carbocycles. The normalized spacial score (nSPS) is 15.6. The second kappa shape index (κ2) is 7.41. The molecule has 144 valence electrons. The van der Waals surface area contributed by atoms with Crippen LogP contribution in [0.1, 0.15) is 12.0 Å². The first-order chi connectivity index (χ1) is 13.8. The van der Waals surface area contributed by atoms with Gasteiger partial charge in [-0.05, 0) is 31.0 Å². The van der Waals surface area contributed by atoms with Crippen molar-refractivity contribution in [3.63, 3.8) is 0 Å². The number of hydrogen-bond donors (Lipinski definition) is 0. The first-order valence-corrected chi connectivity index (χ1v) is 10.1. The molecule has 5 rings (SSSR count). The zero-order chi connectivity index (χ0) is 18.9. The second-order valence-electron chi connectivity index (χ2n) is 7.61. The Hall–Kier alpha value is -2.63. The summed E-state index contributed by atoms with van der Waals surface area (Å²) in [6.07, 6.45) is 3.34. The minimum absolute atomic E-state index is 0.855. The van der Waals surface area contributed by atoms with Gasteiger partial charge in [0.05, 0.1) is 29.9 Å². The standard InChI is InChI=1S/C23H26N4O/c1-18-7-9-19(10-8-18)22-17-27-21-6-3-2-5-20(21)24-23(27)26(22)12-4-11-25-13-15-28-16-14-25/h2-3,5-10,17H,4,11-16H2,1H3. The summed E-state index contributed by atoms with van der Waals surface area (Å²) >= 11 is 0. The van der Waals surface area contributed by atoms with E-state index < -0.39 is 0 Å². The number of imidazole rings is 2. The van der Waals surface area contributed by atoms with E-state index in [0.717, 1.165) is 62.6 Å². The van der Waals surface area contributed by atoms with Crippen molar-refractivity contribution in [1.82, 2.24) is 18.9 Å². The Morgan fingerprint density at radius 1 is 0.964 bits per heavy atom. The third kappa shape index (κ3) is 3.21. The minimum Gasteiger partial charge on any atom is -0.379 e. The molecule has 1 saturated heterocycles. The van der Waals surface area contributed by atoms with Gasteiger partial charge in [-0.2, -0.15) is 0 Å². The van der Waals surface area contributed by atoms with E-state index in [1.165, 1.54) is 16.8 Å². The number of para-hydroxylation sites is 2. The van der Waals surface area contributed by atoms with Crippen LogP contribution in [0.4, 0.5) is 0 Å². The van der Waals surface area contributed by atoms with Crippen LogP contribution in [0.2, 0.25) is 0 Å². The van der Waals surface area contributed by atoms with Crippen LogP contribution in [0.3, 0.4) is 0 Å². The monoisotopic (exact) mass is 374 g/mol. The summed E-state index contributed by atoms with van der Waals surface area (Å²) in [7, 11) is 0. The summed E-state index contributed by atoms with van der Waals surface area (Å²) in [6, 6.07) is 17.2. The van der Waals surface area contributed by atoms with E-state index in [2.05, 4.69) is 75.5 Å². The second-order valence-corrected chi connectivity index (χ2v) is 7.61. The van der Waals surface area contributed by atoms with Crippen molar-refractivity contribution in [2.45, 2.75) is 19.9 Å². The van der Waals surface area contributed by atoms with Crippen molar-refractivity contribution in [1.29, 1.82) is 0 Å². The summed E-state index contributed by atoms with van der Waals surface area (Å²) in [5, 5.41) is 0. The molecule has 2 aromatic heterocycles. The Morgan fingerprint density at radius 2 is 1.75 bits per heavy atom. The Labute approximate surface area is 165 Å². The average molecular weight is 374 g/mol. The molecule has 0 radical (unpaired) electrons. The van der Waals surface area contributed by atoms with Crippen molar-refractivity contribution in [2.75, 3.05) is 32.8 Å². The number of hydrogen-bond acceptors (Lipinski definition) is 3. The molecule has 0 unspecified atom stereocenters. The molecule has 1 aliphatic heterocycles. The topological polar surface area (TPSA) is 34.7 Å². The van der Waals surface area contributed by atoms with Crippen LogP contribution in [-0.4, -0.2) is 51.7 Å². The molecule has 4 aromatic rings. The molecule has 0 N–H and O–H groups in total. The average Bonchev–Trinajstić information content (AvgIpc) is 3.26. The highest BCUT2D eigenvalue weighted by Gasteiger charge is 2.16. The quantitative estimate of drug-likeness (QED) is 0.530. The largest absolute Gasteiger partial charge is 0.379 e. The van der Waals surface area contributed by atoms with Crippen molar-refractivity contribution in [3.05, 3.63) is 60.3 Å². The van der Waals surface area contributed by atoms with Gasteiger partial charge in [-0.15, -0.1) is 0 Å². The summed E-state index contributed by atoms with van der Waals surface area (Å²) in [6.45, 7) is 7.98. The molecule has 5 heteroatoms. The lowest BCUT2D eigenvalue weighted by molar-refractivity contribution is 0.0370. The van der Waals surface area contributed by atoms with E-state index in [4.69, 9.17) is 9.72 Å². The van der Waals surface area contributed by atoms with Gasteiger partial charge in [-0.3, -0.25) is 9.30 Å². The lowest BCUT2D eigenvalue weighted by Crippen LogP contribution is -2.37. The van der Waals surface area contributed by atoms with Crippen molar-refractivity contribution in [3.8, 4) is 11.3 Å². The molecule has 2 aromatic carbocycles. The van der Waals surface area contributed by atoms with Gasteiger partial charge >= 0.3 is 0 Å². The molecule has 0 spiro atoms. The lowest BCUT2D eigenvalue weighted by atomic mass is 10.1. The first-order valence-electron chi connectivity index (χ1n) is 10.1. The Morgan fingerprint density at radius 3 is 2.57 bits per heavy atom. The zero-order valence-electron chi connectivity index (χ0n) is 16.3. The molecular formula is C23H26N4O. The number of morpholine rings is 1. The number of ether oxygens (including phenoxy) is 1. The van der Waals surface area contributed by atoms with Gasteiger partial charge in [0.2, 0.25) is 5.78 Å². The molecule has 0 aliphatic carbocycles. The van der Waals surface area contributed by atoms with Gasteiger partial charge in [0.25, 0.3) is 0 Å². The number of aromatic nitrogens is 3.